The Balaban J connectivity index is 1.81. The predicted molar refractivity (Wildman–Crippen MR) is 104 cm³/mol. The summed E-state index contributed by atoms with van der Waals surface area (Å²) < 4.78 is 0. The summed E-state index contributed by atoms with van der Waals surface area (Å²) in [5.74, 6) is 0. The summed E-state index contributed by atoms with van der Waals surface area (Å²) >= 11 is 1.58. The molecule has 1 fully saturated rings. The van der Waals surface area contributed by atoms with Crippen molar-refractivity contribution >= 4 is 16.5 Å². The Labute approximate surface area is 154 Å². The molecule has 2 atom stereocenters. The van der Waals surface area contributed by atoms with E-state index in [2.05, 4.69) is 53.9 Å². The highest BCUT2D eigenvalue weighted by atomic mass is 32.1. The van der Waals surface area contributed by atoms with Crippen LogP contribution in [0.4, 0.5) is 5.13 Å². The summed E-state index contributed by atoms with van der Waals surface area (Å²) in [7, 11) is 0. The normalized spacial score (nSPS) is 20.0. The van der Waals surface area contributed by atoms with Crippen molar-refractivity contribution in [1.29, 1.82) is 0 Å². The monoisotopic (exact) mass is 360 g/mol. The van der Waals surface area contributed by atoms with E-state index in [1.54, 1.807) is 11.3 Å². The van der Waals surface area contributed by atoms with Gasteiger partial charge in [0, 0.05) is 29.9 Å². The third-order valence-electron chi connectivity index (χ3n) is 4.76. The highest BCUT2D eigenvalue weighted by Crippen LogP contribution is 2.35. The lowest BCUT2D eigenvalue weighted by Gasteiger charge is -2.27. The van der Waals surface area contributed by atoms with E-state index in [1.807, 2.05) is 19.2 Å². The van der Waals surface area contributed by atoms with Crippen molar-refractivity contribution in [2.75, 3.05) is 11.9 Å². The van der Waals surface area contributed by atoms with Gasteiger partial charge in [0.15, 0.2) is 11.5 Å². The Morgan fingerprint density at radius 1 is 1.40 bits per heavy atom. The van der Waals surface area contributed by atoms with Gasteiger partial charge in [0.05, 0.1) is 10.6 Å². The largest absolute Gasteiger partial charge is 0.361 e. The maximum absolute atomic E-state index is 10.5. The van der Waals surface area contributed by atoms with Gasteiger partial charge in [-0.25, -0.2) is 4.98 Å². The van der Waals surface area contributed by atoms with Gasteiger partial charge in [-0.1, -0.05) is 32.1 Å². The molecule has 0 aromatic carbocycles. The summed E-state index contributed by atoms with van der Waals surface area (Å²) in [6.45, 7) is 11.6. The van der Waals surface area contributed by atoms with Gasteiger partial charge in [0.2, 0.25) is 0 Å². The zero-order chi connectivity index (χ0) is 18.2. The number of thiazole rings is 1. The maximum Gasteiger partial charge on any atom is 0.186 e. The van der Waals surface area contributed by atoms with E-state index in [4.69, 9.17) is 0 Å². The fourth-order valence-electron chi connectivity index (χ4n) is 3.22. The van der Waals surface area contributed by atoms with E-state index < -0.39 is 6.35 Å². The van der Waals surface area contributed by atoms with Gasteiger partial charge < -0.3 is 10.4 Å². The lowest BCUT2D eigenvalue weighted by molar-refractivity contribution is 0.0217. The standard InChI is InChI=1S/C19H28N4OS/c1-12-7-6-10-23(12)18(24)22-17-21-13(2)16(25-17)14-8-9-20-15(11-14)19(3,4)5/h8-9,11-12,18,24H,6-7,10H2,1-5H3,(H,21,22)/t12-,18?/m1/s1. The number of nitrogens with zero attached hydrogens (tertiary/aromatic N) is 3. The lowest BCUT2D eigenvalue weighted by atomic mass is 9.90. The Kier molecular flexibility index (Phi) is 5.14. The van der Waals surface area contributed by atoms with Crippen LogP contribution in [0.3, 0.4) is 0 Å². The quantitative estimate of drug-likeness (QED) is 0.808. The van der Waals surface area contributed by atoms with Crippen molar-refractivity contribution in [2.45, 2.75) is 65.3 Å². The topological polar surface area (TPSA) is 61.3 Å². The highest BCUT2D eigenvalue weighted by Gasteiger charge is 2.27. The van der Waals surface area contributed by atoms with Crippen LogP contribution < -0.4 is 5.32 Å². The molecule has 1 aliphatic heterocycles. The number of aryl methyl sites for hydroxylation is 1. The highest BCUT2D eigenvalue weighted by molar-refractivity contribution is 7.19. The van der Waals surface area contributed by atoms with Crippen molar-refractivity contribution < 1.29 is 5.11 Å². The SMILES string of the molecule is Cc1nc(NC(O)N2CCC[C@H]2C)sc1-c1ccnc(C(C)(C)C)c1. The molecule has 136 valence electrons. The van der Waals surface area contributed by atoms with Crippen LogP contribution >= 0.6 is 11.3 Å². The molecule has 5 nitrogen and oxygen atoms in total. The number of aromatic nitrogens is 2. The molecular weight excluding hydrogens is 332 g/mol. The molecule has 2 N–H and O–H groups in total. The predicted octanol–water partition coefficient (Wildman–Crippen LogP) is 3.98. The average molecular weight is 361 g/mol. The van der Waals surface area contributed by atoms with Crippen molar-refractivity contribution in [3.05, 3.63) is 29.7 Å². The summed E-state index contributed by atoms with van der Waals surface area (Å²) in [6.07, 6.45) is 3.45. The van der Waals surface area contributed by atoms with Crippen LogP contribution in [0.5, 0.6) is 0 Å². The number of rotatable bonds is 4. The van der Waals surface area contributed by atoms with Crippen LogP contribution in [0, 0.1) is 6.92 Å². The minimum Gasteiger partial charge on any atom is -0.361 e. The molecule has 1 aliphatic rings. The molecule has 3 heterocycles. The van der Waals surface area contributed by atoms with Gasteiger partial charge >= 0.3 is 0 Å². The molecule has 2 aromatic rings. The number of hydrogen-bond acceptors (Lipinski definition) is 6. The van der Waals surface area contributed by atoms with E-state index in [9.17, 15) is 5.11 Å². The molecule has 6 heteroatoms. The first-order valence-electron chi connectivity index (χ1n) is 8.90. The minimum absolute atomic E-state index is 0.0117. The van der Waals surface area contributed by atoms with E-state index in [-0.39, 0.29) is 5.41 Å². The Morgan fingerprint density at radius 3 is 2.80 bits per heavy atom. The molecule has 0 aliphatic carbocycles. The van der Waals surface area contributed by atoms with Gasteiger partial charge in [-0.05, 0) is 44.4 Å². The fourth-order valence-corrected chi connectivity index (χ4v) is 4.20. The van der Waals surface area contributed by atoms with Crippen molar-refractivity contribution in [3.63, 3.8) is 0 Å². The molecule has 0 bridgehead atoms. The van der Waals surface area contributed by atoms with Gasteiger partial charge in [-0.2, -0.15) is 0 Å². The first-order chi connectivity index (χ1) is 11.8. The van der Waals surface area contributed by atoms with Crippen molar-refractivity contribution in [3.8, 4) is 10.4 Å². The zero-order valence-corrected chi connectivity index (χ0v) is 16.5. The molecule has 0 amide bonds. The molecule has 0 saturated carbocycles. The van der Waals surface area contributed by atoms with E-state index in [0.29, 0.717) is 6.04 Å². The molecule has 1 saturated heterocycles. The Bertz CT molecular complexity index is 737. The Hall–Kier alpha value is -1.50. The number of nitrogens with one attached hydrogen (secondary N) is 1. The van der Waals surface area contributed by atoms with Crippen molar-refractivity contribution in [2.24, 2.45) is 0 Å². The number of aliphatic hydroxyl groups is 1. The van der Waals surface area contributed by atoms with Gasteiger partial charge in [-0.15, -0.1) is 0 Å². The van der Waals surface area contributed by atoms with E-state index >= 15 is 0 Å². The van der Waals surface area contributed by atoms with Crippen LogP contribution in [0.2, 0.25) is 0 Å². The number of aliphatic hydroxyl groups excluding tert-OH is 1. The molecule has 2 aromatic heterocycles. The molecule has 3 rings (SSSR count). The van der Waals surface area contributed by atoms with Crippen LogP contribution in [0.1, 0.15) is 51.9 Å². The Morgan fingerprint density at radius 2 is 2.16 bits per heavy atom. The smallest absolute Gasteiger partial charge is 0.186 e. The summed E-state index contributed by atoms with van der Waals surface area (Å²) in [6, 6.07) is 4.57. The first kappa shape index (κ1) is 18.3. The van der Waals surface area contributed by atoms with Crippen LogP contribution in [-0.4, -0.2) is 38.9 Å². The second-order valence-electron chi connectivity index (χ2n) is 7.86. The number of pyridine rings is 1. The van der Waals surface area contributed by atoms with Crippen LogP contribution in [0.25, 0.3) is 10.4 Å². The number of likely N-dealkylation sites (tertiary alicyclic amines) is 1. The minimum atomic E-state index is -0.682. The summed E-state index contributed by atoms with van der Waals surface area (Å²) in [4.78, 5) is 12.3. The lowest BCUT2D eigenvalue weighted by Crippen LogP contribution is -2.42. The summed E-state index contributed by atoms with van der Waals surface area (Å²) in [5, 5.41) is 14.4. The second-order valence-corrected chi connectivity index (χ2v) is 8.86. The average Bonchev–Trinajstić information content (AvgIpc) is 3.12. The maximum atomic E-state index is 10.5. The number of anilines is 1. The molecule has 0 spiro atoms. The third-order valence-corrected chi connectivity index (χ3v) is 5.90. The fraction of sp³-hybridized carbons (Fsp3) is 0.579. The second kappa shape index (κ2) is 7.02. The van der Waals surface area contributed by atoms with Gasteiger partial charge in [0.25, 0.3) is 0 Å². The van der Waals surface area contributed by atoms with Gasteiger partial charge in [0.1, 0.15) is 0 Å². The third kappa shape index (κ3) is 4.02. The molecule has 0 radical (unpaired) electrons. The van der Waals surface area contributed by atoms with Crippen LogP contribution in [-0.2, 0) is 5.41 Å². The van der Waals surface area contributed by atoms with Crippen molar-refractivity contribution in [1.82, 2.24) is 14.9 Å². The molecule has 1 unspecified atom stereocenters. The van der Waals surface area contributed by atoms with Gasteiger partial charge in [-0.3, -0.25) is 9.88 Å². The van der Waals surface area contributed by atoms with Crippen LogP contribution in [0.15, 0.2) is 18.3 Å². The zero-order valence-electron chi connectivity index (χ0n) is 15.7. The summed E-state index contributed by atoms with van der Waals surface area (Å²) in [5.41, 5.74) is 3.18. The number of hydrogen-bond donors (Lipinski definition) is 2. The molecular formula is C19H28N4OS. The van der Waals surface area contributed by atoms with E-state index in [1.165, 1.54) is 0 Å². The first-order valence-corrected chi connectivity index (χ1v) is 9.72. The van der Waals surface area contributed by atoms with E-state index in [0.717, 1.165) is 46.3 Å². The molecule has 25 heavy (non-hydrogen) atoms.